The van der Waals surface area contributed by atoms with Crippen LogP contribution in [-0.2, 0) is 0 Å². The molecule has 2 heterocycles. The van der Waals surface area contributed by atoms with E-state index in [1.54, 1.807) is 6.20 Å². The molecule has 0 radical (unpaired) electrons. The number of carbonyl (C=O) groups excluding carboxylic acids is 1. The molecule has 2 aliphatic rings. The molecule has 4 heteroatoms. The fourth-order valence-corrected chi connectivity index (χ4v) is 3.62. The van der Waals surface area contributed by atoms with Crippen LogP contribution < -0.4 is 5.32 Å². The molecule has 2 unspecified atom stereocenters. The summed E-state index contributed by atoms with van der Waals surface area (Å²) in [5.41, 5.74) is 1.51. The number of hydrogen-bond acceptors (Lipinski definition) is 3. The number of nitrogens with zero attached hydrogens (tertiary/aromatic N) is 2. The summed E-state index contributed by atoms with van der Waals surface area (Å²) in [6.07, 6.45) is 8.26. The van der Waals surface area contributed by atoms with Gasteiger partial charge in [0.05, 0.1) is 11.9 Å². The molecule has 4 nitrogen and oxygen atoms in total. The van der Waals surface area contributed by atoms with Crippen molar-refractivity contribution in [1.82, 2.24) is 9.88 Å². The van der Waals surface area contributed by atoms with Gasteiger partial charge in [0.2, 0.25) is 0 Å². The summed E-state index contributed by atoms with van der Waals surface area (Å²) in [5, 5.41) is 3.02. The number of nitrogens with one attached hydrogen (secondary N) is 1. The standard InChI is InChI=1S/C16H23N3O/c1-17-14-6-7-15(18-10-14)16(20)19-9-8-12-4-2-3-5-13(12)11-19/h6-7,10,12-13,17H,2-5,8-9,11H2,1H3. The van der Waals surface area contributed by atoms with Gasteiger partial charge in [-0.2, -0.15) is 0 Å². The van der Waals surface area contributed by atoms with Gasteiger partial charge < -0.3 is 10.2 Å². The van der Waals surface area contributed by atoms with Crippen molar-refractivity contribution < 1.29 is 4.79 Å². The molecule has 1 aromatic rings. The number of fused-ring (bicyclic) bond motifs is 1. The largest absolute Gasteiger partial charge is 0.387 e. The minimum atomic E-state index is 0.0941. The van der Waals surface area contributed by atoms with E-state index < -0.39 is 0 Å². The van der Waals surface area contributed by atoms with Gasteiger partial charge in [0, 0.05) is 20.1 Å². The molecule has 1 saturated carbocycles. The van der Waals surface area contributed by atoms with Crippen LogP contribution in [0.1, 0.15) is 42.6 Å². The molecule has 1 saturated heterocycles. The van der Waals surface area contributed by atoms with Crippen LogP contribution in [0.15, 0.2) is 18.3 Å². The van der Waals surface area contributed by atoms with Crippen molar-refractivity contribution in [3.8, 4) is 0 Å². The van der Waals surface area contributed by atoms with Crippen LogP contribution >= 0.6 is 0 Å². The molecule has 20 heavy (non-hydrogen) atoms. The first-order chi connectivity index (χ1) is 9.78. The maximum absolute atomic E-state index is 12.5. The molecule has 0 spiro atoms. The van der Waals surface area contributed by atoms with Crippen LogP contribution in [0, 0.1) is 11.8 Å². The Morgan fingerprint density at radius 2 is 2.05 bits per heavy atom. The molecule has 2 fully saturated rings. The van der Waals surface area contributed by atoms with Crippen molar-refractivity contribution in [3.63, 3.8) is 0 Å². The summed E-state index contributed by atoms with van der Waals surface area (Å²) < 4.78 is 0. The highest BCUT2D eigenvalue weighted by Gasteiger charge is 2.33. The van der Waals surface area contributed by atoms with E-state index in [0.29, 0.717) is 5.69 Å². The normalized spacial score (nSPS) is 25.9. The van der Waals surface area contributed by atoms with Crippen LogP contribution in [0.25, 0.3) is 0 Å². The van der Waals surface area contributed by atoms with E-state index in [0.717, 1.165) is 30.6 Å². The molecule has 2 atom stereocenters. The van der Waals surface area contributed by atoms with Crippen LogP contribution in [0.4, 0.5) is 5.69 Å². The van der Waals surface area contributed by atoms with E-state index in [1.807, 2.05) is 24.1 Å². The lowest BCUT2D eigenvalue weighted by atomic mass is 9.75. The Labute approximate surface area is 120 Å². The van der Waals surface area contributed by atoms with Crippen molar-refractivity contribution in [1.29, 1.82) is 0 Å². The SMILES string of the molecule is CNc1ccc(C(=O)N2CCC3CCCCC3C2)nc1. The fraction of sp³-hybridized carbons (Fsp3) is 0.625. The van der Waals surface area contributed by atoms with Crippen LogP contribution in [-0.4, -0.2) is 35.9 Å². The van der Waals surface area contributed by atoms with Gasteiger partial charge in [0.25, 0.3) is 5.91 Å². The highest BCUT2D eigenvalue weighted by Crippen LogP contribution is 2.36. The molecule has 108 valence electrons. The van der Waals surface area contributed by atoms with Crippen molar-refractivity contribution in [2.45, 2.75) is 32.1 Å². The number of rotatable bonds is 2. The summed E-state index contributed by atoms with van der Waals surface area (Å²) in [6.45, 7) is 1.83. The van der Waals surface area contributed by atoms with Crippen LogP contribution in [0.5, 0.6) is 0 Å². The van der Waals surface area contributed by atoms with Gasteiger partial charge in [0.1, 0.15) is 5.69 Å². The molecule has 1 N–H and O–H groups in total. The summed E-state index contributed by atoms with van der Waals surface area (Å²) >= 11 is 0. The average molecular weight is 273 g/mol. The quantitative estimate of drug-likeness (QED) is 0.901. The lowest BCUT2D eigenvalue weighted by molar-refractivity contribution is 0.0515. The maximum atomic E-state index is 12.5. The van der Waals surface area contributed by atoms with Crippen molar-refractivity contribution in [2.24, 2.45) is 11.8 Å². The molecule has 1 aliphatic heterocycles. The monoisotopic (exact) mass is 273 g/mol. The second kappa shape index (κ2) is 5.81. The van der Waals surface area contributed by atoms with Gasteiger partial charge in [0.15, 0.2) is 0 Å². The van der Waals surface area contributed by atoms with Crippen LogP contribution in [0.3, 0.4) is 0 Å². The maximum Gasteiger partial charge on any atom is 0.272 e. The van der Waals surface area contributed by atoms with E-state index in [9.17, 15) is 4.79 Å². The highest BCUT2D eigenvalue weighted by molar-refractivity contribution is 5.92. The fourth-order valence-electron chi connectivity index (χ4n) is 3.62. The second-order valence-corrected chi connectivity index (χ2v) is 6.03. The molecule has 1 aromatic heterocycles. The number of anilines is 1. The minimum absolute atomic E-state index is 0.0941. The van der Waals surface area contributed by atoms with E-state index in [4.69, 9.17) is 0 Å². The zero-order valence-electron chi connectivity index (χ0n) is 12.1. The number of carbonyl (C=O) groups is 1. The lowest BCUT2D eigenvalue weighted by Crippen LogP contribution is -2.45. The smallest absolute Gasteiger partial charge is 0.272 e. The number of aromatic nitrogens is 1. The minimum Gasteiger partial charge on any atom is -0.387 e. The van der Waals surface area contributed by atoms with Crippen molar-refractivity contribution >= 4 is 11.6 Å². The number of likely N-dealkylation sites (tertiary alicyclic amines) is 1. The first-order valence-corrected chi connectivity index (χ1v) is 7.71. The summed E-state index contributed by atoms with van der Waals surface area (Å²) in [6, 6.07) is 3.73. The zero-order chi connectivity index (χ0) is 13.9. The molecule has 0 bridgehead atoms. The Hall–Kier alpha value is -1.58. The predicted octanol–water partition coefficient (Wildman–Crippen LogP) is 2.78. The average Bonchev–Trinajstić information content (AvgIpc) is 2.54. The summed E-state index contributed by atoms with van der Waals surface area (Å²) in [4.78, 5) is 18.8. The molecule has 1 amide bonds. The van der Waals surface area contributed by atoms with Crippen molar-refractivity contribution in [2.75, 3.05) is 25.5 Å². The van der Waals surface area contributed by atoms with E-state index in [2.05, 4.69) is 10.3 Å². The molecule has 3 rings (SSSR count). The second-order valence-electron chi connectivity index (χ2n) is 6.03. The molecule has 1 aliphatic carbocycles. The third kappa shape index (κ3) is 2.65. The van der Waals surface area contributed by atoms with E-state index in [-0.39, 0.29) is 5.91 Å². The number of pyridine rings is 1. The van der Waals surface area contributed by atoms with Gasteiger partial charge in [-0.3, -0.25) is 4.79 Å². The molecule has 0 aromatic carbocycles. The van der Waals surface area contributed by atoms with Gasteiger partial charge in [-0.25, -0.2) is 4.98 Å². The van der Waals surface area contributed by atoms with Crippen molar-refractivity contribution in [3.05, 3.63) is 24.0 Å². The van der Waals surface area contributed by atoms with Gasteiger partial charge in [-0.15, -0.1) is 0 Å². The number of amides is 1. The third-order valence-electron chi connectivity index (χ3n) is 4.85. The Morgan fingerprint density at radius 1 is 1.25 bits per heavy atom. The third-order valence-corrected chi connectivity index (χ3v) is 4.85. The van der Waals surface area contributed by atoms with Gasteiger partial charge in [-0.1, -0.05) is 19.3 Å². The van der Waals surface area contributed by atoms with Crippen LogP contribution in [0.2, 0.25) is 0 Å². The lowest BCUT2D eigenvalue weighted by Gasteiger charge is -2.41. The Morgan fingerprint density at radius 3 is 2.75 bits per heavy atom. The Balaban J connectivity index is 1.67. The zero-order valence-corrected chi connectivity index (χ0v) is 12.1. The number of hydrogen-bond donors (Lipinski definition) is 1. The first-order valence-electron chi connectivity index (χ1n) is 7.71. The van der Waals surface area contributed by atoms with E-state index >= 15 is 0 Å². The van der Waals surface area contributed by atoms with Gasteiger partial charge >= 0.3 is 0 Å². The number of piperidine rings is 1. The van der Waals surface area contributed by atoms with E-state index in [1.165, 1.54) is 32.1 Å². The summed E-state index contributed by atoms with van der Waals surface area (Å²) in [5.74, 6) is 1.67. The Bertz CT molecular complexity index is 471. The highest BCUT2D eigenvalue weighted by atomic mass is 16.2. The first kappa shape index (κ1) is 13.4. The van der Waals surface area contributed by atoms with Gasteiger partial charge in [-0.05, 0) is 36.8 Å². The Kier molecular flexibility index (Phi) is 3.90. The summed E-state index contributed by atoms with van der Waals surface area (Å²) in [7, 11) is 1.85. The molecular weight excluding hydrogens is 250 g/mol. The topological polar surface area (TPSA) is 45.2 Å². The predicted molar refractivity (Wildman–Crippen MR) is 79.8 cm³/mol. The molecular formula is C16H23N3O.